The minimum absolute atomic E-state index is 0.00795. The lowest BCUT2D eigenvalue weighted by atomic mass is 10.0. The first-order valence-corrected chi connectivity index (χ1v) is 16.3. The minimum atomic E-state index is -4.18. The van der Waals surface area contributed by atoms with Crippen molar-refractivity contribution in [1.82, 2.24) is 10.2 Å². The van der Waals surface area contributed by atoms with E-state index in [4.69, 9.17) is 23.2 Å². The predicted molar refractivity (Wildman–Crippen MR) is 177 cm³/mol. The molecule has 0 aromatic heterocycles. The molecule has 0 spiro atoms. The second-order valence-electron chi connectivity index (χ2n) is 10.7. The predicted octanol–water partition coefficient (Wildman–Crippen LogP) is 6.50. The Morgan fingerprint density at radius 3 is 2.09 bits per heavy atom. The van der Waals surface area contributed by atoms with Gasteiger partial charge in [0.2, 0.25) is 11.8 Å². The van der Waals surface area contributed by atoms with E-state index in [0.29, 0.717) is 21.3 Å². The molecule has 4 aromatic carbocycles. The molecule has 0 aliphatic carbocycles. The number of hydrogen-bond acceptors (Lipinski definition) is 4. The fraction of sp³-hybridized carbons (Fsp3) is 0.235. The Morgan fingerprint density at radius 1 is 0.795 bits per heavy atom. The molecule has 0 unspecified atom stereocenters. The van der Waals surface area contributed by atoms with E-state index in [9.17, 15) is 18.0 Å². The van der Waals surface area contributed by atoms with Crippen molar-refractivity contribution in [3.63, 3.8) is 0 Å². The number of halogens is 2. The van der Waals surface area contributed by atoms with Gasteiger partial charge in [0.15, 0.2) is 0 Å². The molecular weight excluding hydrogens is 617 g/mol. The Hall–Kier alpha value is -3.85. The van der Waals surface area contributed by atoms with E-state index in [-0.39, 0.29) is 23.8 Å². The van der Waals surface area contributed by atoms with Crippen molar-refractivity contribution in [1.29, 1.82) is 0 Å². The molecule has 0 fully saturated rings. The summed E-state index contributed by atoms with van der Waals surface area (Å²) >= 11 is 12.5. The van der Waals surface area contributed by atoms with E-state index in [2.05, 4.69) is 5.32 Å². The smallest absolute Gasteiger partial charge is 0.264 e. The van der Waals surface area contributed by atoms with Crippen LogP contribution >= 0.6 is 23.2 Å². The zero-order valence-electron chi connectivity index (χ0n) is 25.1. The normalized spacial score (nSPS) is 12.0. The summed E-state index contributed by atoms with van der Waals surface area (Å²) < 4.78 is 29.4. The highest BCUT2D eigenvalue weighted by Gasteiger charge is 2.34. The van der Waals surface area contributed by atoms with E-state index >= 15 is 0 Å². The SMILES string of the molecule is CNC(=O)[C@H](Cc1ccccc1)N(Cc1ccc(Cl)c(Cl)c1)C(=O)CN(c1ccc(C)c(C)c1)S(=O)(=O)c1ccc(C)cc1. The van der Waals surface area contributed by atoms with Gasteiger partial charge < -0.3 is 10.2 Å². The summed E-state index contributed by atoms with van der Waals surface area (Å²) in [6.07, 6.45) is 0.210. The first-order chi connectivity index (χ1) is 20.9. The number of nitrogens with one attached hydrogen (secondary N) is 1. The molecule has 44 heavy (non-hydrogen) atoms. The van der Waals surface area contributed by atoms with E-state index in [1.807, 2.05) is 57.2 Å². The van der Waals surface area contributed by atoms with Crippen LogP contribution in [0.5, 0.6) is 0 Å². The molecule has 0 aliphatic rings. The zero-order chi connectivity index (χ0) is 32.0. The molecule has 0 saturated heterocycles. The van der Waals surface area contributed by atoms with Crippen molar-refractivity contribution in [2.24, 2.45) is 0 Å². The molecule has 0 heterocycles. The standard InChI is InChI=1S/C34H35Cl2N3O4S/c1-23-10-15-29(16-11-23)44(42,43)39(28-14-12-24(2)25(3)18-28)22-33(40)38(21-27-13-17-30(35)31(36)19-27)32(34(41)37-4)20-26-8-6-5-7-9-26/h5-19,32H,20-22H2,1-4H3,(H,37,41)/t32-/m0/s1. The van der Waals surface area contributed by atoms with Crippen LogP contribution in [0.2, 0.25) is 10.0 Å². The van der Waals surface area contributed by atoms with Crippen LogP contribution in [-0.2, 0) is 32.6 Å². The number of carbonyl (C=O) groups excluding carboxylic acids is 2. The third kappa shape index (κ3) is 7.80. The van der Waals surface area contributed by atoms with Crippen LogP contribution in [-0.4, -0.2) is 44.8 Å². The van der Waals surface area contributed by atoms with Crippen molar-refractivity contribution < 1.29 is 18.0 Å². The van der Waals surface area contributed by atoms with Gasteiger partial charge >= 0.3 is 0 Å². The maximum atomic E-state index is 14.4. The molecule has 2 amide bonds. The van der Waals surface area contributed by atoms with Gasteiger partial charge in [-0.3, -0.25) is 13.9 Å². The molecule has 1 N–H and O–H groups in total. The highest BCUT2D eigenvalue weighted by Crippen LogP contribution is 2.28. The summed E-state index contributed by atoms with van der Waals surface area (Å²) in [6, 6.07) is 25.1. The monoisotopic (exact) mass is 651 g/mol. The average Bonchev–Trinajstić information content (AvgIpc) is 3.01. The average molecular weight is 653 g/mol. The van der Waals surface area contributed by atoms with Crippen molar-refractivity contribution in [2.75, 3.05) is 17.9 Å². The number of carbonyl (C=O) groups is 2. The highest BCUT2D eigenvalue weighted by atomic mass is 35.5. The van der Waals surface area contributed by atoms with Gasteiger partial charge in [0.1, 0.15) is 12.6 Å². The summed E-state index contributed by atoms with van der Waals surface area (Å²) in [5.74, 6) is -0.948. The molecule has 4 rings (SSSR count). The van der Waals surface area contributed by atoms with E-state index < -0.39 is 28.5 Å². The molecule has 7 nitrogen and oxygen atoms in total. The second-order valence-corrected chi connectivity index (χ2v) is 13.4. The summed E-state index contributed by atoms with van der Waals surface area (Å²) in [7, 11) is -2.67. The molecule has 1 atom stereocenters. The molecular formula is C34H35Cl2N3O4S. The lowest BCUT2D eigenvalue weighted by Gasteiger charge is -2.33. The number of nitrogens with zero attached hydrogens (tertiary/aromatic N) is 2. The third-order valence-corrected chi connectivity index (χ3v) is 10.0. The van der Waals surface area contributed by atoms with Gasteiger partial charge in [-0.05, 0) is 79.4 Å². The summed E-state index contributed by atoms with van der Waals surface area (Å²) in [6.45, 7) is 5.14. The third-order valence-electron chi connectivity index (χ3n) is 7.52. The maximum absolute atomic E-state index is 14.4. The number of likely N-dealkylation sites (N-methyl/N-ethyl adjacent to an activating group) is 1. The number of aryl methyl sites for hydroxylation is 3. The number of hydrogen-bond donors (Lipinski definition) is 1. The van der Waals surface area contributed by atoms with E-state index in [0.717, 1.165) is 26.6 Å². The van der Waals surface area contributed by atoms with Crippen LogP contribution in [0.1, 0.15) is 27.8 Å². The van der Waals surface area contributed by atoms with Crippen LogP contribution in [0.3, 0.4) is 0 Å². The van der Waals surface area contributed by atoms with Gasteiger partial charge in [-0.1, -0.05) is 83.4 Å². The minimum Gasteiger partial charge on any atom is -0.357 e. The quantitative estimate of drug-likeness (QED) is 0.201. The van der Waals surface area contributed by atoms with E-state index in [1.165, 1.54) is 24.1 Å². The van der Waals surface area contributed by atoms with Crippen LogP contribution in [0.25, 0.3) is 0 Å². The number of anilines is 1. The molecule has 0 aliphatic heterocycles. The molecule has 0 radical (unpaired) electrons. The lowest BCUT2D eigenvalue weighted by molar-refractivity contribution is -0.139. The molecule has 230 valence electrons. The maximum Gasteiger partial charge on any atom is 0.264 e. The number of amides is 2. The highest BCUT2D eigenvalue weighted by molar-refractivity contribution is 7.92. The summed E-state index contributed by atoms with van der Waals surface area (Å²) in [5, 5.41) is 3.33. The first kappa shape index (κ1) is 33.1. The van der Waals surface area contributed by atoms with Gasteiger partial charge in [0.25, 0.3) is 10.0 Å². The Bertz CT molecular complexity index is 1750. The Balaban J connectivity index is 1.81. The van der Waals surface area contributed by atoms with Crippen LogP contribution in [0, 0.1) is 20.8 Å². The molecule has 0 bridgehead atoms. The number of rotatable bonds is 11. The van der Waals surface area contributed by atoms with Crippen LogP contribution in [0.15, 0.2) is 95.9 Å². The second kappa shape index (κ2) is 14.3. The molecule has 10 heteroatoms. The van der Waals surface area contributed by atoms with Crippen molar-refractivity contribution in [2.45, 2.75) is 44.7 Å². The van der Waals surface area contributed by atoms with Gasteiger partial charge in [-0.25, -0.2) is 8.42 Å². The first-order valence-electron chi connectivity index (χ1n) is 14.1. The van der Waals surface area contributed by atoms with E-state index in [1.54, 1.807) is 42.5 Å². The topological polar surface area (TPSA) is 86.8 Å². The fourth-order valence-electron chi connectivity index (χ4n) is 4.80. The van der Waals surface area contributed by atoms with Crippen molar-refractivity contribution >= 4 is 50.7 Å². The zero-order valence-corrected chi connectivity index (χ0v) is 27.4. The van der Waals surface area contributed by atoms with Gasteiger partial charge in [0, 0.05) is 20.0 Å². The Labute approximate surface area is 269 Å². The lowest BCUT2D eigenvalue weighted by Crippen LogP contribution is -2.53. The van der Waals surface area contributed by atoms with Crippen molar-refractivity contribution in [3.05, 3.63) is 129 Å². The molecule has 4 aromatic rings. The number of benzene rings is 4. The van der Waals surface area contributed by atoms with Gasteiger partial charge in [0.05, 0.1) is 20.6 Å². The fourth-order valence-corrected chi connectivity index (χ4v) is 6.53. The van der Waals surface area contributed by atoms with Crippen LogP contribution < -0.4 is 9.62 Å². The Kier molecular flexibility index (Phi) is 10.7. The van der Waals surface area contributed by atoms with Gasteiger partial charge in [-0.15, -0.1) is 0 Å². The number of sulfonamides is 1. The van der Waals surface area contributed by atoms with Gasteiger partial charge in [-0.2, -0.15) is 0 Å². The summed E-state index contributed by atoms with van der Waals surface area (Å²) in [4.78, 5) is 29.2. The Morgan fingerprint density at radius 2 is 1.48 bits per heavy atom. The largest absolute Gasteiger partial charge is 0.357 e. The summed E-state index contributed by atoms with van der Waals surface area (Å²) in [5.41, 5.74) is 4.58. The van der Waals surface area contributed by atoms with Crippen molar-refractivity contribution in [3.8, 4) is 0 Å². The molecule has 0 saturated carbocycles. The van der Waals surface area contributed by atoms with Crippen LogP contribution in [0.4, 0.5) is 5.69 Å².